The van der Waals surface area contributed by atoms with Gasteiger partial charge in [0.25, 0.3) is 5.91 Å². The van der Waals surface area contributed by atoms with Gasteiger partial charge in [0.1, 0.15) is 22.4 Å². The number of nitrogens with zero attached hydrogens (tertiary/aromatic N) is 5. The van der Waals surface area contributed by atoms with Crippen molar-refractivity contribution in [3.8, 4) is 22.1 Å². The average molecular weight is 525 g/mol. The highest BCUT2D eigenvalue weighted by Crippen LogP contribution is 2.24. The predicted octanol–water partition coefficient (Wildman–Crippen LogP) is 2.05. The fourth-order valence-electron chi connectivity index (χ4n) is 3.84. The van der Waals surface area contributed by atoms with Crippen LogP contribution in [0, 0.1) is 0 Å². The van der Waals surface area contributed by atoms with Crippen molar-refractivity contribution in [1.29, 1.82) is 0 Å². The van der Waals surface area contributed by atoms with Gasteiger partial charge in [-0.25, -0.2) is 19.7 Å². The lowest BCUT2D eigenvalue weighted by Gasteiger charge is -2.35. The lowest BCUT2D eigenvalue weighted by molar-refractivity contribution is -0.138. The lowest BCUT2D eigenvalue weighted by Crippen LogP contribution is -2.55. The first-order valence-electron chi connectivity index (χ1n) is 11.5. The Labute approximate surface area is 215 Å². The van der Waals surface area contributed by atoms with E-state index in [9.17, 15) is 19.2 Å². The Morgan fingerprint density at radius 1 is 1.00 bits per heavy atom. The minimum Gasteiger partial charge on any atom is -0.481 e. The Morgan fingerprint density at radius 2 is 1.70 bits per heavy atom. The number of hydrogen-bond donors (Lipinski definition) is 3. The van der Waals surface area contributed by atoms with Gasteiger partial charge in [-0.05, 0) is 12.5 Å². The van der Waals surface area contributed by atoms with E-state index in [0.717, 1.165) is 0 Å². The number of aromatic nitrogens is 3. The van der Waals surface area contributed by atoms with Gasteiger partial charge in [0.15, 0.2) is 5.82 Å². The first-order chi connectivity index (χ1) is 17.8. The number of thiazole rings is 1. The third-order valence-corrected chi connectivity index (χ3v) is 6.55. The first-order valence-corrected chi connectivity index (χ1v) is 12.3. The number of carboxylic acid groups (broad SMARTS) is 2. The summed E-state index contributed by atoms with van der Waals surface area (Å²) in [5.74, 6) is -1.94. The van der Waals surface area contributed by atoms with Crippen LogP contribution in [0.5, 0.6) is 0 Å². The summed E-state index contributed by atoms with van der Waals surface area (Å²) >= 11 is 1.35. The minimum atomic E-state index is -1.13. The van der Waals surface area contributed by atoms with Crippen LogP contribution in [0.3, 0.4) is 0 Å². The second kappa shape index (κ2) is 11.6. The maximum atomic E-state index is 13.3. The van der Waals surface area contributed by atoms with Crippen molar-refractivity contribution in [2.75, 3.05) is 26.2 Å². The number of hydrogen-bond acceptors (Lipinski definition) is 8. The molecule has 0 radical (unpaired) electrons. The third kappa shape index (κ3) is 6.44. The monoisotopic (exact) mass is 524 g/mol. The fourth-order valence-corrected chi connectivity index (χ4v) is 4.43. The summed E-state index contributed by atoms with van der Waals surface area (Å²) in [6.45, 7) is 0.545. The van der Waals surface area contributed by atoms with Crippen molar-refractivity contribution in [3.05, 3.63) is 53.7 Å². The third-order valence-electron chi connectivity index (χ3n) is 5.75. The van der Waals surface area contributed by atoms with Crippen LogP contribution in [0.25, 0.3) is 22.1 Å². The molecule has 0 saturated carbocycles. The molecule has 3 amide bonds. The normalized spacial score (nSPS) is 14.2. The largest absolute Gasteiger partial charge is 0.481 e. The van der Waals surface area contributed by atoms with Gasteiger partial charge in [0, 0.05) is 49.7 Å². The summed E-state index contributed by atoms with van der Waals surface area (Å²) in [5.41, 5.74) is 1.12. The van der Waals surface area contributed by atoms with Crippen molar-refractivity contribution in [1.82, 2.24) is 30.1 Å². The summed E-state index contributed by atoms with van der Waals surface area (Å²) in [5, 5.41) is 23.3. The molecule has 2 aromatic heterocycles. The number of aliphatic carboxylic acids is 1. The molecular formula is C24H24N6O6S. The number of benzene rings is 1. The molecule has 12 nitrogen and oxygen atoms in total. The van der Waals surface area contributed by atoms with Crippen LogP contribution in [-0.4, -0.2) is 91.1 Å². The summed E-state index contributed by atoms with van der Waals surface area (Å²) in [7, 11) is 0. The zero-order valence-electron chi connectivity index (χ0n) is 19.6. The topological polar surface area (TPSA) is 166 Å². The first kappa shape index (κ1) is 25.7. The summed E-state index contributed by atoms with van der Waals surface area (Å²) in [4.78, 5) is 64.8. The van der Waals surface area contributed by atoms with E-state index in [1.807, 2.05) is 18.2 Å². The number of nitrogens with one attached hydrogen (secondary N) is 1. The Bertz CT molecular complexity index is 1280. The summed E-state index contributed by atoms with van der Waals surface area (Å²) < 4.78 is 0. The average Bonchev–Trinajstić information content (AvgIpc) is 3.46. The lowest BCUT2D eigenvalue weighted by atomic mass is 10.1. The van der Waals surface area contributed by atoms with Crippen LogP contribution in [0.15, 0.2) is 48.0 Å². The molecule has 37 heavy (non-hydrogen) atoms. The Hall–Kier alpha value is -4.39. The SMILES string of the molecule is O=C(O)CC[C@H](NC(=O)c1cc(-c2nccs2)nc(-c2ccccc2)n1)C(=O)N1CCN(C(=O)O)CC1. The summed E-state index contributed by atoms with van der Waals surface area (Å²) in [6, 6.07) is 9.44. The van der Waals surface area contributed by atoms with Crippen molar-refractivity contribution < 1.29 is 29.4 Å². The molecule has 13 heteroatoms. The van der Waals surface area contributed by atoms with Gasteiger partial charge in [0.05, 0.1) is 0 Å². The maximum Gasteiger partial charge on any atom is 0.407 e. The highest BCUT2D eigenvalue weighted by molar-refractivity contribution is 7.13. The standard InChI is InChI=1S/C24H24N6O6S/c31-19(32)7-6-16(23(34)29-9-11-30(12-10-29)24(35)36)28-21(33)17-14-18(22-25-8-13-37-22)27-20(26-17)15-4-2-1-3-5-15/h1-5,8,13-14,16H,6-7,9-12H2,(H,28,33)(H,31,32)(H,35,36)/t16-/m0/s1. The molecule has 192 valence electrons. The number of rotatable bonds is 8. The molecule has 0 unspecified atom stereocenters. The quantitative estimate of drug-likeness (QED) is 0.400. The molecule has 0 aliphatic carbocycles. The molecule has 3 aromatic rings. The second-order valence-corrected chi connectivity index (χ2v) is 9.11. The zero-order chi connectivity index (χ0) is 26.4. The van der Waals surface area contributed by atoms with E-state index < -0.39 is 29.9 Å². The molecule has 4 rings (SSSR count). The van der Waals surface area contributed by atoms with Gasteiger partial charge in [0.2, 0.25) is 5.91 Å². The van der Waals surface area contributed by atoms with Crippen LogP contribution < -0.4 is 5.32 Å². The molecule has 0 spiro atoms. The van der Waals surface area contributed by atoms with Gasteiger partial charge in [-0.1, -0.05) is 30.3 Å². The van der Waals surface area contributed by atoms with E-state index in [4.69, 9.17) is 10.2 Å². The fraction of sp³-hybridized carbons (Fsp3) is 0.292. The molecule has 1 aliphatic rings. The van der Waals surface area contributed by atoms with Crippen molar-refractivity contribution in [2.45, 2.75) is 18.9 Å². The molecule has 1 atom stereocenters. The molecule has 1 aliphatic heterocycles. The van der Waals surface area contributed by atoms with Crippen molar-refractivity contribution >= 4 is 35.2 Å². The van der Waals surface area contributed by atoms with Crippen LogP contribution in [0.4, 0.5) is 4.79 Å². The molecule has 1 saturated heterocycles. The Morgan fingerprint density at radius 3 is 2.32 bits per heavy atom. The van der Waals surface area contributed by atoms with Gasteiger partial charge >= 0.3 is 12.1 Å². The highest BCUT2D eigenvalue weighted by Gasteiger charge is 2.31. The van der Waals surface area contributed by atoms with Gasteiger partial charge in [-0.2, -0.15) is 0 Å². The van der Waals surface area contributed by atoms with Crippen molar-refractivity contribution in [3.63, 3.8) is 0 Å². The maximum absolute atomic E-state index is 13.3. The van der Waals surface area contributed by atoms with E-state index in [-0.39, 0.29) is 44.7 Å². The van der Waals surface area contributed by atoms with Crippen LogP contribution in [0.2, 0.25) is 0 Å². The summed E-state index contributed by atoms with van der Waals surface area (Å²) in [6.07, 6.45) is 0.0794. The zero-order valence-corrected chi connectivity index (χ0v) is 20.4. The van der Waals surface area contributed by atoms with E-state index in [2.05, 4.69) is 20.3 Å². The molecule has 3 heterocycles. The predicted molar refractivity (Wildman–Crippen MR) is 133 cm³/mol. The number of piperazine rings is 1. The second-order valence-electron chi connectivity index (χ2n) is 8.22. The van der Waals surface area contributed by atoms with E-state index >= 15 is 0 Å². The molecule has 0 bridgehead atoms. The smallest absolute Gasteiger partial charge is 0.407 e. The van der Waals surface area contributed by atoms with Gasteiger partial charge < -0.3 is 25.3 Å². The molecular weight excluding hydrogens is 500 g/mol. The Kier molecular flexibility index (Phi) is 8.03. The Balaban J connectivity index is 1.59. The molecule has 1 fully saturated rings. The van der Waals surface area contributed by atoms with Gasteiger partial charge in [-0.15, -0.1) is 11.3 Å². The number of carbonyl (C=O) groups excluding carboxylic acids is 2. The minimum absolute atomic E-state index is 0.00266. The number of carbonyl (C=O) groups is 4. The highest BCUT2D eigenvalue weighted by atomic mass is 32.1. The van der Waals surface area contributed by atoms with E-state index in [0.29, 0.717) is 22.1 Å². The number of amides is 3. The molecule has 1 aromatic carbocycles. The molecule has 3 N–H and O–H groups in total. The van der Waals surface area contributed by atoms with Crippen molar-refractivity contribution in [2.24, 2.45) is 0 Å². The van der Waals surface area contributed by atoms with E-state index in [1.165, 1.54) is 27.2 Å². The van der Waals surface area contributed by atoms with Crippen LogP contribution >= 0.6 is 11.3 Å². The van der Waals surface area contributed by atoms with Crippen LogP contribution in [0.1, 0.15) is 23.3 Å². The number of carboxylic acids is 1. The van der Waals surface area contributed by atoms with Crippen LogP contribution in [-0.2, 0) is 9.59 Å². The van der Waals surface area contributed by atoms with Gasteiger partial charge in [-0.3, -0.25) is 14.4 Å². The van der Waals surface area contributed by atoms with E-state index in [1.54, 1.807) is 23.7 Å².